The Balaban J connectivity index is 2.01. The van der Waals surface area contributed by atoms with Gasteiger partial charge < -0.3 is 14.5 Å². The summed E-state index contributed by atoms with van der Waals surface area (Å²) in [6.45, 7) is 1.45. The lowest BCUT2D eigenvalue weighted by Crippen LogP contribution is -1.94. The number of benzene rings is 2. The lowest BCUT2D eigenvalue weighted by molar-refractivity contribution is 0.0989. The minimum Gasteiger partial charge on any atom is -0.494 e. The number of furan rings is 1. The highest BCUT2D eigenvalue weighted by Gasteiger charge is 2.12. The van der Waals surface area contributed by atoms with E-state index in [1.807, 2.05) is 18.2 Å². The minimum absolute atomic E-state index is 0.134. The van der Waals surface area contributed by atoms with E-state index in [4.69, 9.17) is 9.15 Å². The van der Waals surface area contributed by atoms with Crippen LogP contribution in [0.25, 0.3) is 11.0 Å². The zero-order chi connectivity index (χ0) is 15.7. The first-order valence-corrected chi connectivity index (χ1v) is 6.72. The number of ketones is 1. The molecular formula is C17H14FNO3. The number of fused-ring (bicyclic) bond motifs is 1. The largest absolute Gasteiger partial charge is 0.494 e. The molecule has 112 valence electrons. The summed E-state index contributed by atoms with van der Waals surface area (Å²) in [7, 11) is 1.41. The van der Waals surface area contributed by atoms with E-state index in [9.17, 15) is 9.18 Å². The Labute approximate surface area is 126 Å². The van der Waals surface area contributed by atoms with E-state index in [0.717, 1.165) is 5.39 Å². The predicted octanol–water partition coefficient (Wildman–Crippen LogP) is 4.53. The lowest BCUT2D eigenvalue weighted by atomic mass is 10.2. The molecule has 0 aliphatic heterocycles. The molecule has 1 N–H and O–H groups in total. The van der Waals surface area contributed by atoms with Crippen LogP contribution in [0.5, 0.6) is 5.75 Å². The van der Waals surface area contributed by atoms with Gasteiger partial charge in [-0.3, -0.25) is 4.79 Å². The van der Waals surface area contributed by atoms with Crippen molar-refractivity contribution in [1.29, 1.82) is 0 Å². The maximum Gasteiger partial charge on any atom is 0.194 e. The van der Waals surface area contributed by atoms with Gasteiger partial charge in [-0.25, -0.2) is 4.39 Å². The van der Waals surface area contributed by atoms with E-state index in [1.54, 1.807) is 18.2 Å². The van der Waals surface area contributed by atoms with Crippen LogP contribution in [0.1, 0.15) is 17.5 Å². The first-order chi connectivity index (χ1) is 10.6. The summed E-state index contributed by atoms with van der Waals surface area (Å²) in [5, 5.41) is 3.97. The number of nitrogens with one attached hydrogen (secondary N) is 1. The number of hydrogen-bond donors (Lipinski definition) is 1. The second kappa shape index (κ2) is 5.52. The van der Waals surface area contributed by atoms with Gasteiger partial charge in [-0.1, -0.05) is 12.1 Å². The third-order valence-electron chi connectivity index (χ3n) is 3.32. The average Bonchev–Trinajstić information content (AvgIpc) is 2.94. The summed E-state index contributed by atoms with van der Waals surface area (Å²) in [6, 6.07) is 11.7. The molecule has 3 rings (SSSR count). The lowest BCUT2D eigenvalue weighted by Gasteiger charge is -2.09. The molecule has 1 aromatic heterocycles. The zero-order valence-electron chi connectivity index (χ0n) is 12.1. The van der Waals surface area contributed by atoms with Crippen molar-refractivity contribution >= 4 is 28.1 Å². The van der Waals surface area contributed by atoms with Crippen molar-refractivity contribution in [2.75, 3.05) is 12.4 Å². The fourth-order valence-corrected chi connectivity index (χ4v) is 2.23. The van der Waals surface area contributed by atoms with Gasteiger partial charge >= 0.3 is 0 Å². The maximum atomic E-state index is 13.4. The van der Waals surface area contributed by atoms with Gasteiger partial charge in [0.1, 0.15) is 0 Å². The molecule has 0 saturated heterocycles. The number of methoxy groups -OCH3 is 1. The fourth-order valence-electron chi connectivity index (χ4n) is 2.23. The van der Waals surface area contributed by atoms with Crippen molar-refractivity contribution in [3.63, 3.8) is 0 Å². The van der Waals surface area contributed by atoms with Crippen molar-refractivity contribution in [2.45, 2.75) is 6.92 Å². The van der Waals surface area contributed by atoms with Crippen LogP contribution in [0.4, 0.5) is 15.8 Å². The molecule has 0 fully saturated rings. The topological polar surface area (TPSA) is 51.5 Å². The van der Waals surface area contributed by atoms with E-state index in [2.05, 4.69) is 5.32 Å². The Morgan fingerprint density at radius 3 is 2.77 bits per heavy atom. The molecule has 0 unspecified atom stereocenters. The van der Waals surface area contributed by atoms with E-state index in [0.29, 0.717) is 22.7 Å². The highest BCUT2D eigenvalue weighted by molar-refractivity contribution is 5.99. The predicted molar refractivity (Wildman–Crippen MR) is 82.5 cm³/mol. The quantitative estimate of drug-likeness (QED) is 0.719. The summed E-state index contributed by atoms with van der Waals surface area (Å²) < 4.78 is 24.0. The van der Waals surface area contributed by atoms with Crippen molar-refractivity contribution < 1.29 is 18.3 Å². The van der Waals surface area contributed by atoms with Gasteiger partial charge in [0.2, 0.25) is 0 Å². The SMILES string of the molecule is COc1cc(Nc2cccc3cc(C(C)=O)oc23)ccc1F. The summed E-state index contributed by atoms with van der Waals surface area (Å²) >= 11 is 0. The number of anilines is 2. The fraction of sp³-hybridized carbons (Fsp3) is 0.118. The molecule has 0 bridgehead atoms. The van der Waals surface area contributed by atoms with Gasteiger partial charge in [-0.15, -0.1) is 0 Å². The Kier molecular flexibility index (Phi) is 3.55. The Bertz CT molecular complexity index is 854. The van der Waals surface area contributed by atoms with Crippen LogP contribution in [0.2, 0.25) is 0 Å². The zero-order valence-corrected chi connectivity index (χ0v) is 12.1. The summed E-state index contributed by atoms with van der Waals surface area (Å²) in [4.78, 5) is 11.4. The normalized spacial score (nSPS) is 10.7. The van der Waals surface area contributed by atoms with Crippen LogP contribution in [0.15, 0.2) is 46.9 Å². The molecule has 4 nitrogen and oxygen atoms in total. The third kappa shape index (κ3) is 2.53. The highest BCUT2D eigenvalue weighted by Crippen LogP contribution is 2.31. The molecule has 0 aliphatic carbocycles. The van der Waals surface area contributed by atoms with E-state index in [1.165, 1.54) is 20.1 Å². The molecule has 5 heteroatoms. The first kappa shape index (κ1) is 14.1. The average molecular weight is 299 g/mol. The highest BCUT2D eigenvalue weighted by atomic mass is 19.1. The molecule has 3 aromatic rings. The number of carbonyl (C=O) groups is 1. The Morgan fingerprint density at radius 1 is 1.23 bits per heavy atom. The smallest absolute Gasteiger partial charge is 0.194 e. The number of rotatable bonds is 4. The molecule has 2 aromatic carbocycles. The number of Topliss-reactive ketones (excluding diaryl/α,β-unsaturated/α-hetero) is 1. The molecule has 22 heavy (non-hydrogen) atoms. The van der Waals surface area contributed by atoms with Gasteiger partial charge in [0.15, 0.2) is 28.7 Å². The molecule has 0 saturated carbocycles. The Morgan fingerprint density at radius 2 is 2.05 bits per heavy atom. The van der Waals surface area contributed by atoms with E-state index in [-0.39, 0.29) is 11.5 Å². The van der Waals surface area contributed by atoms with Crippen molar-refractivity contribution in [3.8, 4) is 5.75 Å². The maximum absolute atomic E-state index is 13.4. The number of ether oxygens (including phenoxy) is 1. The standard InChI is InChI=1S/C17H14FNO3/c1-10(20)15-8-11-4-3-5-14(17(11)22-15)19-12-6-7-13(18)16(9-12)21-2/h3-9,19H,1-2H3. The van der Waals surface area contributed by atoms with Gasteiger partial charge in [-0.2, -0.15) is 0 Å². The number of para-hydroxylation sites is 1. The molecular weight excluding hydrogens is 285 g/mol. The molecule has 0 aliphatic rings. The van der Waals surface area contributed by atoms with Crippen LogP contribution in [0, 0.1) is 5.82 Å². The van der Waals surface area contributed by atoms with Crippen molar-refractivity contribution in [1.82, 2.24) is 0 Å². The number of hydrogen-bond acceptors (Lipinski definition) is 4. The summed E-state index contributed by atoms with van der Waals surface area (Å²) in [5.74, 6) is -0.101. The van der Waals surface area contributed by atoms with Gasteiger partial charge in [0.05, 0.1) is 12.8 Å². The van der Waals surface area contributed by atoms with Gasteiger partial charge in [0.25, 0.3) is 0 Å². The van der Waals surface area contributed by atoms with Crippen LogP contribution in [-0.2, 0) is 0 Å². The summed E-state index contributed by atoms with van der Waals surface area (Å²) in [6.07, 6.45) is 0. The Hall–Kier alpha value is -2.82. The molecule has 0 spiro atoms. The van der Waals surface area contributed by atoms with Crippen LogP contribution < -0.4 is 10.1 Å². The second-order valence-corrected chi connectivity index (χ2v) is 4.87. The van der Waals surface area contributed by atoms with E-state index >= 15 is 0 Å². The monoisotopic (exact) mass is 299 g/mol. The molecule has 0 atom stereocenters. The molecule has 0 radical (unpaired) electrons. The van der Waals surface area contributed by atoms with Crippen LogP contribution in [0.3, 0.4) is 0 Å². The van der Waals surface area contributed by atoms with Gasteiger partial charge in [0, 0.05) is 24.1 Å². The van der Waals surface area contributed by atoms with Crippen molar-refractivity contribution in [2.24, 2.45) is 0 Å². The molecule has 0 amide bonds. The number of halogens is 1. The minimum atomic E-state index is -0.428. The van der Waals surface area contributed by atoms with Crippen molar-refractivity contribution in [3.05, 3.63) is 54.0 Å². The van der Waals surface area contributed by atoms with Crippen LogP contribution >= 0.6 is 0 Å². The first-order valence-electron chi connectivity index (χ1n) is 6.72. The van der Waals surface area contributed by atoms with Crippen LogP contribution in [-0.4, -0.2) is 12.9 Å². The number of carbonyl (C=O) groups excluding carboxylic acids is 1. The van der Waals surface area contributed by atoms with E-state index < -0.39 is 5.82 Å². The molecule has 1 heterocycles. The second-order valence-electron chi connectivity index (χ2n) is 4.87. The third-order valence-corrected chi connectivity index (χ3v) is 3.32. The summed E-state index contributed by atoms with van der Waals surface area (Å²) in [5.41, 5.74) is 1.93. The van der Waals surface area contributed by atoms with Gasteiger partial charge in [-0.05, 0) is 24.3 Å².